The molecule has 0 aliphatic rings. The van der Waals surface area contributed by atoms with Crippen molar-refractivity contribution in [1.82, 2.24) is 10.6 Å². The Balaban J connectivity index is 0. The van der Waals surface area contributed by atoms with E-state index in [1.54, 1.807) is 0 Å². The van der Waals surface area contributed by atoms with Crippen LogP contribution in [0.15, 0.2) is 4.99 Å². The molecule has 0 saturated heterocycles. The molecule has 0 aromatic carbocycles. The number of nitrogens with zero attached hydrogens (tertiary/aromatic N) is 1. The molecule has 0 heterocycles. The van der Waals surface area contributed by atoms with E-state index in [0.29, 0.717) is 11.3 Å². The fourth-order valence-electron chi connectivity index (χ4n) is 1.35. The van der Waals surface area contributed by atoms with E-state index in [1.807, 2.05) is 7.05 Å². The SMILES string of the molecule is CN=C(NCCCC(C)(C)C)NCC(C)C.I. The Labute approximate surface area is 124 Å². The summed E-state index contributed by atoms with van der Waals surface area (Å²) in [4.78, 5) is 4.19. The van der Waals surface area contributed by atoms with Gasteiger partial charge in [0.15, 0.2) is 5.96 Å². The van der Waals surface area contributed by atoms with Crippen molar-refractivity contribution < 1.29 is 0 Å². The van der Waals surface area contributed by atoms with Crippen LogP contribution in [0.4, 0.5) is 0 Å². The third kappa shape index (κ3) is 13.9. The average molecular weight is 355 g/mol. The molecule has 0 spiro atoms. The van der Waals surface area contributed by atoms with Gasteiger partial charge in [0.1, 0.15) is 0 Å². The van der Waals surface area contributed by atoms with Crippen molar-refractivity contribution in [2.45, 2.75) is 47.5 Å². The summed E-state index contributed by atoms with van der Waals surface area (Å²) in [6.07, 6.45) is 2.42. The zero-order chi connectivity index (χ0) is 12.6. The normalized spacial score (nSPS) is 12.3. The molecule has 17 heavy (non-hydrogen) atoms. The van der Waals surface area contributed by atoms with Gasteiger partial charge in [-0.25, -0.2) is 0 Å². The molecule has 3 nitrogen and oxygen atoms in total. The minimum absolute atomic E-state index is 0. The molecule has 0 aromatic heterocycles. The van der Waals surface area contributed by atoms with Crippen molar-refractivity contribution in [3.63, 3.8) is 0 Å². The summed E-state index contributed by atoms with van der Waals surface area (Å²) in [6, 6.07) is 0. The second kappa shape index (κ2) is 9.97. The fraction of sp³-hybridized carbons (Fsp3) is 0.923. The van der Waals surface area contributed by atoms with Crippen molar-refractivity contribution in [1.29, 1.82) is 0 Å². The maximum atomic E-state index is 4.19. The van der Waals surface area contributed by atoms with Crippen LogP contribution in [0.1, 0.15) is 47.5 Å². The largest absolute Gasteiger partial charge is 0.356 e. The van der Waals surface area contributed by atoms with Gasteiger partial charge in [-0.15, -0.1) is 24.0 Å². The molecule has 0 unspecified atom stereocenters. The van der Waals surface area contributed by atoms with E-state index >= 15 is 0 Å². The number of aliphatic imine (C=N–C) groups is 1. The maximum absolute atomic E-state index is 4.19. The molecule has 0 aliphatic carbocycles. The van der Waals surface area contributed by atoms with Crippen LogP contribution in [-0.4, -0.2) is 26.1 Å². The predicted molar refractivity (Wildman–Crippen MR) is 88.3 cm³/mol. The quantitative estimate of drug-likeness (QED) is 0.344. The molecule has 0 amide bonds. The van der Waals surface area contributed by atoms with Gasteiger partial charge in [-0.1, -0.05) is 34.6 Å². The minimum atomic E-state index is 0. The van der Waals surface area contributed by atoms with Crippen LogP contribution in [-0.2, 0) is 0 Å². The first-order chi connectivity index (χ1) is 7.35. The Bertz CT molecular complexity index is 207. The van der Waals surface area contributed by atoms with E-state index in [2.05, 4.69) is 50.2 Å². The molecular formula is C13H30IN3. The van der Waals surface area contributed by atoms with E-state index in [1.165, 1.54) is 12.8 Å². The highest BCUT2D eigenvalue weighted by molar-refractivity contribution is 14.0. The van der Waals surface area contributed by atoms with Gasteiger partial charge in [0.2, 0.25) is 0 Å². The maximum Gasteiger partial charge on any atom is 0.190 e. The molecule has 0 atom stereocenters. The van der Waals surface area contributed by atoms with Gasteiger partial charge in [0.25, 0.3) is 0 Å². The lowest BCUT2D eigenvalue weighted by Gasteiger charge is -2.18. The molecule has 0 aromatic rings. The van der Waals surface area contributed by atoms with Gasteiger partial charge < -0.3 is 10.6 Å². The minimum Gasteiger partial charge on any atom is -0.356 e. The summed E-state index contributed by atoms with van der Waals surface area (Å²) in [6.45, 7) is 13.2. The summed E-state index contributed by atoms with van der Waals surface area (Å²) in [5.74, 6) is 1.57. The van der Waals surface area contributed by atoms with Gasteiger partial charge in [0.05, 0.1) is 0 Å². The molecule has 4 heteroatoms. The average Bonchev–Trinajstić information content (AvgIpc) is 2.15. The topological polar surface area (TPSA) is 36.4 Å². The first kappa shape index (κ1) is 19.3. The van der Waals surface area contributed by atoms with Crippen LogP contribution in [0.25, 0.3) is 0 Å². The molecule has 104 valence electrons. The Hall–Kier alpha value is 0. The lowest BCUT2D eigenvalue weighted by molar-refractivity contribution is 0.365. The van der Waals surface area contributed by atoms with Crippen molar-refractivity contribution in [2.75, 3.05) is 20.1 Å². The smallest absolute Gasteiger partial charge is 0.190 e. The van der Waals surface area contributed by atoms with Crippen LogP contribution in [0.3, 0.4) is 0 Å². The Morgan fingerprint density at radius 2 is 1.76 bits per heavy atom. The second-order valence-electron chi connectivity index (χ2n) is 5.94. The number of hydrogen-bond acceptors (Lipinski definition) is 1. The van der Waals surface area contributed by atoms with Crippen molar-refractivity contribution in [3.05, 3.63) is 0 Å². The van der Waals surface area contributed by atoms with Gasteiger partial charge in [-0.2, -0.15) is 0 Å². The highest BCUT2D eigenvalue weighted by atomic mass is 127. The number of halogens is 1. The van der Waals surface area contributed by atoms with Crippen LogP contribution in [0, 0.1) is 11.3 Å². The Kier molecular flexibility index (Phi) is 11.3. The number of rotatable bonds is 5. The Morgan fingerprint density at radius 3 is 2.18 bits per heavy atom. The summed E-state index contributed by atoms with van der Waals surface area (Å²) >= 11 is 0. The molecule has 0 fully saturated rings. The molecule has 0 rings (SSSR count). The zero-order valence-electron chi connectivity index (χ0n) is 12.3. The molecule has 0 bridgehead atoms. The van der Waals surface area contributed by atoms with E-state index in [-0.39, 0.29) is 24.0 Å². The lowest BCUT2D eigenvalue weighted by Crippen LogP contribution is -2.39. The lowest BCUT2D eigenvalue weighted by atomic mass is 9.91. The van der Waals surface area contributed by atoms with Crippen LogP contribution >= 0.6 is 24.0 Å². The van der Waals surface area contributed by atoms with Crippen LogP contribution in [0.2, 0.25) is 0 Å². The van der Waals surface area contributed by atoms with Crippen LogP contribution in [0.5, 0.6) is 0 Å². The molecular weight excluding hydrogens is 325 g/mol. The third-order valence-corrected chi connectivity index (χ3v) is 2.30. The molecule has 2 N–H and O–H groups in total. The van der Waals surface area contributed by atoms with Gasteiger partial charge in [-0.3, -0.25) is 4.99 Å². The van der Waals surface area contributed by atoms with Gasteiger partial charge in [0, 0.05) is 20.1 Å². The molecule has 0 radical (unpaired) electrons. The van der Waals surface area contributed by atoms with E-state index < -0.39 is 0 Å². The number of hydrogen-bond donors (Lipinski definition) is 2. The first-order valence-corrected chi connectivity index (χ1v) is 6.29. The van der Waals surface area contributed by atoms with Crippen molar-refractivity contribution in [3.8, 4) is 0 Å². The number of guanidine groups is 1. The van der Waals surface area contributed by atoms with Crippen molar-refractivity contribution in [2.24, 2.45) is 16.3 Å². The highest BCUT2D eigenvalue weighted by Crippen LogP contribution is 2.19. The Morgan fingerprint density at radius 1 is 1.18 bits per heavy atom. The van der Waals surface area contributed by atoms with Crippen LogP contribution < -0.4 is 10.6 Å². The summed E-state index contributed by atoms with van der Waals surface area (Å²) in [7, 11) is 1.82. The van der Waals surface area contributed by atoms with E-state index in [9.17, 15) is 0 Å². The molecule has 0 aliphatic heterocycles. The third-order valence-electron chi connectivity index (χ3n) is 2.30. The zero-order valence-corrected chi connectivity index (χ0v) is 14.6. The molecule has 0 saturated carbocycles. The first-order valence-electron chi connectivity index (χ1n) is 6.29. The number of nitrogens with one attached hydrogen (secondary N) is 2. The summed E-state index contributed by atoms with van der Waals surface area (Å²) < 4.78 is 0. The predicted octanol–water partition coefficient (Wildman–Crippen LogP) is 3.25. The standard InChI is InChI=1S/C13H29N3.HI/c1-11(2)10-16-12(14-6)15-9-7-8-13(3,4)5;/h11H,7-10H2,1-6H3,(H2,14,15,16);1H. The van der Waals surface area contributed by atoms with Crippen molar-refractivity contribution >= 4 is 29.9 Å². The monoisotopic (exact) mass is 355 g/mol. The highest BCUT2D eigenvalue weighted by Gasteiger charge is 2.09. The fourth-order valence-corrected chi connectivity index (χ4v) is 1.35. The summed E-state index contributed by atoms with van der Waals surface area (Å²) in [5.41, 5.74) is 0.427. The van der Waals surface area contributed by atoms with Gasteiger partial charge >= 0.3 is 0 Å². The summed E-state index contributed by atoms with van der Waals surface area (Å²) in [5, 5.41) is 6.64. The second-order valence-corrected chi connectivity index (χ2v) is 5.94. The van der Waals surface area contributed by atoms with Gasteiger partial charge in [-0.05, 0) is 24.2 Å². The van der Waals surface area contributed by atoms with E-state index in [4.69, 9.17) is 0 Å². The van der Waals surface area contributed by atoms with E-state index in [0.717, 1.165) is 19.0 Å².